The van der Waals surface area contributed by atoms with Gasteiger partial charge < -0.3 is 19.9 Å². The fraction of sp³-hybridized carbons (Fsp3) is 0.485. The van der Waals surface area contributed by atoms with Gasteiger partial charge in [-0.3, -0.25) is 4.79 Å². The van der Waals surface area contributed by atoms with E-state index >= 15 is 0 Å². The van der Waals surface area contributed by atoms with E-state index < -0.39 is 17.4 Å². The normalized spacial score (nSPS) is 13.2. The first-order valence-electron chi connectivity index (χ1n) is 13.9. The molecule has 0 aliphatic rings. The summed E-state index contributed by atoms with van der Waals surface area (Å²) in [6, 6.07) is 5.38. The molecule has 232 valence electrons. The van der Waals surface area contributed by atoms with Crippen molar-refractivity contribution >= 4 is 5.91 Å². The summed E-state index contributed by atoms with van der Waals surface area (Å²) in [4.78, 5) is 12.2. The van der Waals surface area contributed by atoms with Gasteiger partial charge >= 0.3 is 6.18 Å². The molecule has 1 aromatic rings. The zero-order chi connectivity index (χ0) is 32.1. The summed E-state index contributed by atoms with van der Waals surface area (Å²) < 4.78 is 49.5. The summed E-state index contributed by atoms with van der Waals surface area (Å²) in [5.74, 6) is 1.48. The molecular weight excluding hydrogens is 531 g/mol. The van der Waals surface area contributed by atoms with Gasteiger partial charge in [0.05, 0.1) is 12.4 Å². The van der Waals surface area contributed by atoms with E-state index in [1.165, 1.54) is 6.08 Å². The summed E-state index contributed by atoms with van der Waals surface area (Å²) in [5, 5.41) is 12.4. The maximum Gasteiger partial charge on any atom is 0.415 e. The number of carbonyl (C=O) groups is 1. The largest absolute Gasteiger partial charge is 0.485 e. The highest BCUT2D eigenvalue weighted by atomic mass is 19.4. The summed E-state index contributed by atoms with van der Waals surface area (Å²) in [6.45, 7) is 21.5. The van der Waals surface area contributed by atoms with Crippen LogP contribution in [0.2, 0.25) is 0 Å². The average Bonchev–Trinajstić information content (AvgIpc) is 2.93. The van der Waals surface area contributed by atoms with Crippen molar-refractivity contribution < 1.29 is 32.5 Å². The molecule has 0 spiro atoms. The first kappa shape index (κ1) is 39.9. The third-order valence-electron chi connectivity index (χ3n) is 5.47. The molecule has 1 atom stereocenters. The van der Waals surface area contributed by atoms with Crippen molar-refractivity contribution in [2.75, 3.05) is 13.2 Å². The van der Waals surface area contributed by atoms with E-state index in [-0.39, 0.29) is 25.5 Å². The van der Waals surface area contributed by atoms with Crippen molar-refractivity contribution in [1.82, 2.24) is 5.32 Å². The molecule has 0 aliphatic carbocycles. The Balaban J connectivity index is 0. The summed E-state index contributed by atoms with van der Waals surface area (Å²) in [6.07, 6.45) is 5.43. The number of unbranched alkanes of at least 4 members (excludes halogenated alkanes) is 1. The Kier molecular flexibility index (Phi) is 20.9. The third kappa shape index (κ3) is 17.9. The van der Waals surface area contributed by atoms with E-state index in [4.69, 9.17) is 9.47 Å². The third-order valence-corrected chi connectivity index (χ3v) is 5.47. The van der Waals surface area contributed by atoms with Crippen LogP contribution in [0.5, 0.6) is 11.5 Å². The predicted octanol–water partition coefficient (Wildman–Crippen LogP) is 8.94. The van der Waals surface area contributed by atoms with Crippen molar-refractivity contribution in [2.45, 2.75) is 92.9 Å². The van der Waals surface area contributed by atoms with Gasteiger partial charge in [0.15, 0.2) is 0 Å². The smallest absolute Gasteiger partial charge is 0.415 e. The predicted molar refractivity (Wildman–Crippen MR) is 164 cm³/mol. The molecule has 5 nitrogen and oxygen atoms in total. The second kappa shape index (κ2) is 21.5. The van der Waals surface area contributed by atoms with Gasteiger partial charge in [0.2, 0.25) is 5.91 Å². The maximum atomic E-state index is 12.5. The molecule has 0 saturated heterocycles. The molecule has 0 heterocycles. The SMILES string of the molecule is C=C(/C=C\C(=C/C)CNC(=O)C/C=C(\C)Oc1ccc(OC(C)(CO)CCCC)c(C)c1)C(F)(F)F.C=CC.CC. The quantitative estimate of drug-likeness (QED) is 0.131. The van der Waals surface area contributed by atoms with Crippen LogP contribution < -0.4 is 14.8 Å². The standard InChI is InChI=1S/C28H38F3NO4.C3H6.C2H6/c1-7-9-16-27(6,19-33)36-25-14-13-24(17-20(25)3)35-22(5)11-15-26(34)32-18-23(8-2)12-10-21(4)28(29,30)31;1-3-2;1-2/h8,10-14,17,33H,4,7,9,15-16,18-19H2,1-3,5-6H3,(H,32,34);3H,1H2,2H3;1-2H3/b12-10-,22-11+,23-8+;;. The molecule has 0 radical (unpaired) electrons. The van der Waals surface area contributed by atoms with Crippen LogP contribution in [0.15, 0.2) is 78.6 Å². The minimum absolute atomic E-state index is 0.0499. The van der Waals surface area contributed by atoms with E-state index in [9.17, 15) is 23.1 Å². The van der Waals surface area contributed by atoms with E-state index in [0.29, 0.717) is 22.8 Å². The highest BCUT2D eigenvalue weighted by Crippen LogP contribution is 2.29. The Morgan fingerprint density at radius 2 is 1.78 bits per heavy atom. The van der Waals surface area contributed by atoms with E-state index in [1.807, 2.05) is 40.7 Å². The van der Waals surface area contributed by atoms with Crippen LogP contribution in [0.1, 0.15) is 79.7 Å². The lowest BCUT2D eigenvalue weighted by Gasteiger charge is -2.29. The van der Waals surface area contributed by atoms with Crippen LogP contribution in [0.3, 0.4) is 0 Å². The number of carbonyl (C=O) groups excluding carboxylic acids is 1. The van der Waals surface area contributed by atoms with Crippen LogP contribution in [0, 0.1) is 6.92 Å². The van der Waals surface area contributed by atoms with Gasteiger partial charge in [-0.1, -0.05) is 58.1 Å². The van der Waals surface area contributed by atoms with Gasteiger partial charge in [-0.25, -0.2) is 0 Å². The lowest BCUT2D eigenvalue weighted by Crippen LogP contribution is -2.36. The van der Waals surface area contributed by atoms with Crippen molar-refractivity contribution in [2.24, 2.45) is 0 Å². The Bertz CT molecular complexity index is 1030. The van der Waals surface area contributed by atoms with Gasteiger partial charge in [0.1, 0.15) is 17.1 Å². The van der Waals surface area contributed by atoms with E-state index in [1.54, 1.807) is 44.2 Å². The zero-order valence-electron chi connectivity index (χ0n) is 26.1. The topological polar surface area (TPSA) is 67.8 Å². The number of aliphatic hydroxyl groups excluding tert-OH is 1. The number of allylic oxidation sites excluding steroid dienone is 5. The van der Waals surface area contributed by atoms with Gasteiger partial charge in [-0.15, -0.1) is 6.58 Å². The summed E-state index contributed by atoms with van der Waals surface area (Å²) in [5.41, 5.74) is -0.233. The lowest BCUT2D eigenvalue weighted by molar-refractivity contribution is -0.120. The van der Waals surface area contributed by atoms with Crippen molar-refractivity contribution in [3.05, 3.63) is 84.2 Å². The summed E-state index contributed by atoms with van der Waals surface area (Å²) >= 11 is 0. The highest BCUT2D eigenvalue weighted by Gasteiger charge is 2.29. The lowest BCUT2D eigenvalue weighted by atomic mass is 9.99. The number of amides is 1. The maximum absolute atomic E-state index is 12.5. The molecule has 0 aliphatic heterocycles. The van der Waals surface area contributed by atoms with E-state index in [0.717, 1.165) is 30.9 Å². The fourth-order valence-electron chi connectivity index (χ4n) is 3.07. The number of ether oxygens (including phenoxy) is 2. The summed E-state index contributed by atoms with van der Waals surface area (Å²) in [7, 11) is 0. The highest BCUT2D eigenvalue weighted by molar-refractivity contribution is 5.77. The first-order valence-corrected chi connectivity index (χ1v) is 13.9. The molecule has 0 aromatic heterocycles. The Morgan fingerprint density at radius 1 is 1.17 bits per heavy atom. The average molecular weight is 582 g/mol. The molecule has 1 unspecified atom stereocenters. The van der Waals surface area contributed by atoms with Crippen LogP contribution in [-0.4, -0.2) is 35.9 Å². The number of halogens is 3. The Morgan fingerprint density at radius 3 is 2.27 bits per heavy atom. The second-order valence-corrected chi connectivity index (χ2v) is 9.27. The number of alkyl halides is 3. The van der Waals surface area contributed by atoms with Crippen LogP contribution in [0.4, 0.5) is 13.2 Å². The number of aliphatic hydroxyl groups is 1. The van der Waals surface area contributed by atoms with Crippen LogP contribution >= 0.6 is 0 Å². The minimum atomic E-state index is -4.48. The number of hydrogen-bond donors (Lipinski definition) is 2. The van der Waals surface area contributed by atoms with Crippen molar-refractivity contribution in [3.8, 4) is 11.5 Å². The minimum Gasteiger partial charge on any atom is -0.485 e. The van der Waals surface area contributed by atoms with Gasteiger partial charge in [0.25, 0.3) is 0 Å². The molecular formula is C33H50F3NO4. The molecule has 1 amide bonds. The van der Waals surface area contributed by atoms with Gasteiger partial charge in [-0.05, 0) is 82.9 Å². The van der Waals surface area contributed by atoms with Crippen molar-refractivity contribution in [3.63, 3.8) is 0 Å². The van der Waals surface area contributed by atoms with Crippen LogP contribution in [-0.2, 0) is 4.79 Å². The molecule has 2 N–H and O–H groups in total. The molecule has 0 bridgehead atoms. The molecule has 0 fully saturated rings. The molecule has 1 aromatic carbocycles. The first-order chi connectivity index (χ1) is 19.2. The van der Waals surface area contributed by atoms with Crippen LogP contribution in [0.25, 0.3) is 0 Å². The Hall–Kier alpha value is -3.26. The molecule has 8 heteroatoms. The van der Waals surface area contributed by atoms with Gasteiger partial charge in [0, 0.05) is 18.5 Å². The van der Waals surface area contributed by atoms with E-state index in [2.05, 4.69) is 25.4 Å². The monoisotopic (exact) mass is 581 g/mol. The number of benzene rings is 1. The molecule has 0 saturated carbocycles. The molecule has 1 rings (SSSR count). The number of nitrogens with one attached hydrogen (secondary N) is 1. The van der Waals surface area contributed by atoms with Crippen molar-refractivity contribution in [1.29, 1.82) is 0 Å². The van der Waals surface area contributed by atoms with Gasteiger partial charge in [-0.2, -0.15) is 13.2 Å². The Labute approximate surface area is 245 Å². The second-order valence-electron chi connectivity index (χ2n) is 9.27. The zero-order valence-corrected chi connectivity index (χ0v) is 26.1. The fourth-order valence-corrected chi connectivity index (χ4v) is 3.07. The number of aryl methyl sites for hydroxylation is 1. The number of hydrogen-bond acceptors (Lipinski definition) is 4. The molecule has 41 heavy (non-hydrogen) atoms. The number of rotatable bonds is 14.